The summed E-state index contributed by atoms with van der Waals surface area (Å²) in [6.07, 6.45) is -1.76. The van der Waals surface area contributed by atoms with Crippen LogP contribution < -0.4 is 10.1 Å². The van der Waals surface area contributed by atoms with Crippen molar-refractivity contribution >= 4 is 21.2 Å². The van der Waals surface area contributed by atoms with Crippen molar-refractivity contribution in [1.29, 1.82) is 0 Å². The van der Waals surface area contributed by atoms with Crippen molar-refractivity contribution in [3.8, 4) is 17.1 Å². The van der Waals surface area contributed by atoms with Crippen molar-refractivity contribution in [2.75, 3.05) is 23.4 Å². The normalized spacial score (nSPS) is 17.2. The summed E-state index contributed by atoms with van der Waals surface area (Å²) < 4.78 is 66.3. The van der Waals surface area contributed by atoms with E-state index in [0.29, 0.717) is 36.4 Å². The number of rotatable bonds is 5. The number of sulfone groups is 1. The lowest BCUT2D eigenvalue weighted by atomic mass is 10.0. The van der Waals surface area contributed by atoms with E-state index >= 15 is 0 Å². The molecule has 0 bridgehead atoms. The number of anilines is 1. The van der Waals surface area contributed by atoms with Crippen LogP contribution in [0.5, 0.6) is 5.75 Å². The molecule has 4 rings (SSSR count). The molecular weight excluding hydrogens is 421 g/mol. The lowest BCUT2D eigenvalue weighted by Gasteiger charge is -2.22. The minimum Gasteiger partial charge on any atom is -0.406 e. The maximum Gasteiger partial charge on any atom is 0.573 e. The summed E-state index contributed by atoms with van der Waals surface area (Å²) in [6.45, 7) is 0.632. The standard InChI is InChI=1S/C19H19F3N4O3S/c20-19(21,22)29-16-3-1-2-14(10-16)18-25-24-17-5-4-15(12-26(17)18)23-11-13-6-8-30(27,28)9-7-13/h1-5,10,12-13,23H,6-9,11H2. The van der Waals surface area contributed by atoms with Gasteiger partial charge in [-0.1, -0.05) is 12.1 Å². The molecule has 160 valence electrons. The molecule has 30 heavy (non-hydrogen) atoms. The molecule has 2 aromatic heterocycles. The zero-order valence-electron chi connectivity index (χ0n) is 15.8. The highest BCUT2D eigenvalue weighted by molar-refractivity contribution is 7.91. The lowest BCUT2D eigenvalue weighted by Crippen LogP contribution is -2.27. The van der Waals surface area contributed by atoms with Crippen molar-refractivity contribution < 1.29 is 26.3 Å². The average molecular weight is 440 g/mol. The molecule has 7 nitrogen and oxygen atoms in total. The first-order valence-electron chi connectivity index (χ1n) is 9.34. The van der Waals surface area contributed by atoms with Gasteiger partial charge in [-0.3, -0.25) is 4.40 Å². The van der Waals surface area contributed by atoms with Crippen molar-refractivity contribution in [2.24, 2.45) is 5.92 Å². The Labute approximate surface area is 170 Å². The van der Waals surface area contributed by atoms with Gasteiger partial charge in [0.1, 0.15) is 15.6 Å². The zero-order valence-corrected chi connectivity index (χ0v) is 16.6. The molecule has 0 radical (unpaired) electrons. The third-order valence-electron chi connectivity index (χ3n) is 5.00. The second-order valence-electron chi connectivity index (χ2n) is 7.22. The summed E-state index contributed by atoms with van der Waals surface area (Å²) in [4.78, 5) is 0. The first kappa shape index (κ1) is 20.5. The number of halogens is 3. The Bertz CT molecular complexity index is 1150. The van der Waals surface area contributed by atoms with Crippen LogP contribution in [0.2, 0.25) is 0 Å². The highest BCUT2D eigenvalue weighted by Gasteiger charge is 2.31. The fourth-order valence-corrected chi connectivity index (χ4v) is 5.02. The summed E-state index contributed by atoms with van der Waals surface area (Å²) in [5, 5.41) is 11.5. The van der Waals surface area contributed by atoms with Crippen LogP contribution in [-0.4, -0.2) is 47.4 Å². The number of ether oxygens (including phenoxy) is 1. The fourth-order valence-electron chi connectivity index (χ4n) is 3.43. The molecule has 0 unspecified atom stereocenters. The smallest absolute Gasteiger partial charge is 0.406 e. The van der Waals surface area contributed by atoms with E-state index in [1.54, 1.807) is 22.7 Å². The third kappa shape index (κ3) is 4.84. The fraction of sp³-hybridized carbons (Fsp3) is 0.368. The number of nitrogens with zero attached hydrogens (tertiary/aromatic N) is 3. The van der Waals surface area contributed by atoms with Gasteiger partial charge in [0.2, 0.25) is 0 Å². The Morgan fingerprint density at radius 3 is 2.63 bits per heavy atom. The Balaban J connectivity index is 1.53. The van der Waals surface area contributed by atoms with Crippen LogP contribution in [0.25, 0.3) is 17.0 Å². The Morgan fingerprint density at radius 1 is 1.13 bits per heavy atom. The number of aromatic nitrogens is 3. The molecular formula is C19H19F3N4O3S. The van der Waals surface area contributed by atoms with Gasteiger partial charge in [-0.15, -0.1) is 23.4 Å². The number of benzene rings is 1. The number of pyridine rings is 1. The maximum absolute atomic E-state index is 12.5. The van der Waals surface area contributed by atoms with Crippen LogP contribution >= 0.6 is 0 Å². The van der Waals surface area contributed by atoms with Crippen LogP contribution in [0.4, 0.5) is 18.9 Å². The van der Waals surface area contributed by atoms with Crippen LogP contribution in [0, 0.1) is 5.92 Å². The minimum absolute atomic E-state index is 0.213. The third-order valence-corrected chi connectivity index (χ3v) is 6.71. The van der Waals surface area contributed by atoms with Gasteiger partial charge in [0, 0.05) is 18.3 Å². The SMILES string of the molecule is O=S1(=O)CCC(CNc2ccc3nnc(-c4cccc(OC(F)(F)F)c4)n3c2)CC1. The zero-order chi connectivity index (χ0) is 21.4. The van der Waals surface area contributed by atoms with Crippen molar-refractivity contribution in [3.63, 3.8) is 0 Å². The highest BCUT2D eigenvalue weighted by atomic mass is 32.2. The van der Waals surface area contributed by atoms with E-state index in [0.717, 1.165) is 5.69 Å². The molecule has 0 saturated carbocycles. The molecule has 3 aromatic rings. The van der Waals surface area contributed by atoms with Crippen LogP contribution in [0.15, 0.2) is 42.6 Å². The first-order valence-corrected chi connectivity index (χ1v) is 11.2. The Kier molecular flexibility index (Phi) is 5.31. The van der Waals surface area contributed by atoms with Crippen molar-refractivity contribution in [2.45, 2.75) is 19.2 Å². The summed E-state index contributed by atoms with van der Waals surface area (Å²) in [5.74, 6) is 0.735. The molecule has 1 aliphatic heterocycles. The summed E-state index contributed by atoms with van der Waals surface area (Å²) in [6, 6.07) is 9.14. The largest absolute Gasteiger partial charge is 0.573 e. The molecule has 11 heteroatoms. The maximum atomic E-state index is 12.5. The molecule has 0 aliphatic carbocycles. The number of fused-ring (bicyclic) bond motifs is 1. The van der Waals surface area contributed by atoms with Crippen LogP contribution in [-0.2, 0) is 9.84 Å². The van der Waals surface area contributed by atoms with E-state index < -0.39 is 16.2 Å². The Hall–Kier alpha value is -2.82. The molecule has 1 N–H and O–H groups in total. The molecule has 1 fully saturated rings. The van der Waals surface area contributed by atoms with E-state index in [9.17, 15) is 21.6 Å². The van der Waals surface area contributed by atoms with Gasteiger partial charge in [0.25, 0.3) is 0 Å². The van der Waals surface area contributed by atoms with Crippen molar-refractivity contribution in [3.05, 3.63) is 42.6 Å². The van der Waals surface area contributed by atoms with Gasteiger partial charge in [-0.2, -0.15) is 0 Å². The van der Waals surface area contributed by atoms with Crippen molar-refractivity contribution in [1.82, 2.24) is 14.6 Å². The summed E-state index contributed by atoms with van der Waals surface area (Å²) in [7, 11) is -2.90. The van der Waals surface area contributed by atoms with E-state index in [4.69, 9.17) is 0 Å². The average Bonchev–Trinajstić information content (AvgIpc) is 3.09. The van der Waals surface area contributed by atoms with E-state index in [-0.39, 0.29) is 23.2 Å². The van der Waals surface area contributed by atoms with Crippen LogP contribution in [0.1, 0.15) is 12.8 Å². The number of hydrogen-bond acceptors (Lipinski definition) is 6. The number of alkyl halides is 3. The molecule has 1 saturated heterocycles. The predicted octanol–water partition coefficient (Wildman–Crippen LogP) is 3.53. The van der Waals surface area contributed by atoms with E-state index in [2.05, 4.69) is 20.3 Å². The number of nitrogens with one attached hydrogen (secondary N) is 1. The topological polar surface area (TPSA) is 85.6 Å². The first-order chi connectivity index (χ1) is 14.2. The van der Waals surface area contributed by atoms with Gasteiger partial charge in [0.05, 0.1) is 17.2 Å². The van der Waals surface area contributed by atoms with Gasteiger partial charge in [-0.05, 0) is 43.0 Å². The monoisotopic (exact) mass is 440 g/mol. The summed E-state index contributed by atoms with van der Waals surface area (Å²) in [5.41, 5.74) is 1.75. The van der Waals surface area contributed by atoms with E-state index in [1.807, 2.05) is 6.07 Å². The summed E-state index contributed by atoms with van der Waals surface area (Å²) >= 11 is 0. The highest BCUT2D eigenvalue weighted by Crippen LogP contribution is 2.28. The molecule has 1 aliphatic rings. The molecule has 1 aromatic carbocycles. The van der Waals surface area contributed by atoms with Gasteiger partial charge in [-0.25, -0.2) is 8.42 Å². The Morgan fingerprint density at radius 2 is 1.90 bits per heavy atom. The van der Waals surface area contributed by atoms with Gasteiger partial charge >= 0.3 is 6.36 Å². The van der Waals surface area contributed by atoms with Gasteiger partial charge in [0.15, 0.2) is 11.5 Å². The minimum atomic E-state index is -4.78. The quantitative estimate of drug-likeness (QED) is 0.653. The lowest BCUT2D eigenvalue weighted by molar-refractivity contribution is -0.274. The second-order valence-corrected chi connectivity index (χ2v) is 9.52. The van der Waals surface area contributed by atoms with E-state index in [1.165, 1.54) is 18.2 Å². The molecule has 0 atom stereocenters. The molecule has 3 heterocycles. The predicted molar refractivity (Wildman–Crippen MR) is 105 cm³/mol. The number of hydrogen-bond donors (Lipinski definition) is 1. The van der Waals surface area contributed by atoms with Crippen LogP contribution in [0.3, 0.4) is 0 Å². The second kappa shape index (κ2) is 7.78. The molecule has 0 amide bonds. The van der Waals surface area contributed by atoms with Gasteiger partial charge < -0.3 is 10.1 Å². The molecule has 0 spiro atoms.